The predicted molar refractivity (Wildman–Crippen MR) is 114 cm³/mol. The molecule has 1 amide bonds. The first-order valence-corrected chi connectivity index (χ1v) is 11.5. The van der Waals surface area contributed by atoms with Gasteiger partial charge in [0.05, 0.1) is 22.7 Å². The molecule has 0 spiro atoms. The Labute approximate surface area is 180 Å². The summed E-state index contributed by atoms with van der Waals surface area (Å²) >= 11 is 5.93. The molecule has 6 nitrogen and oxygen atoms in total. The number of benzene rings is 2. The van der Waals surface area contributed by atoms with Crippen LogP contribution in [0.3, 0.4) is 0 Å². The highest BCUT2D eigenvalue weighted by molar-refractivity contribution is 7.89. The summed E-state index contributed by atoms with van der Waals surface area (Å²) in [4.78, 5) is 12.6. The topological polar surface area (TPSA) is 78.8 Å². The Morgan fingerprint density at radius 3 is 2.50 bits per heavy atom. The van der Waals surface area contributed by atoms with Crippen LogP contribution in [0.15, 0.2) is 58.5 Å². The van der Waals surface area contributed by atoms with Crippen LogP contribution < -0.4 is 5.43 Å². The van der Waals surface area contributed by atoms with Crippen LogP contribution in [0.4, 0.5) is 4.39 Å². The number of rotatable bonds is 7. The van der Waals surface area contributed by atoms with E-state index in [4.69, 9.17) is 11.6 Å². The zero-order valence-electron chi connectivity index (χ0n) is 16.3. The number of carbonyl (C=O) groups excluding carboxylic acids is 1. The molecule has 1 aliphatic carbocycles. The lowest BCUT2D eigenvalue weighted by atomic mass is 9.95. The van der Waals surface area contributed by atoms with E-state index in [-0.39, 0.29) is 28.1 Å². The monoisotopic (exact) mass is 451 g/mol. The molecule has 0 unspecified atom stereocenters. The van der Waals surface area contributed by atoms with Crippen molar-refractivity contribution in [2.45, 2.75) is 43.0 Å². The number of carbonyl (C=O) groups is 1. The minimum absolute atomic E-state index is 0.0421. The van der Waals surface area contributed by atoms with Crippen molar-refractivity contribution in [1.82, 2.24) is 9.73 Å². The summed E-state index contributed by atoms with van der Waals surface area (Å²) in [6, 6.07) is 12.0. The molecule has 0 bridgehead atoms. The van der Waals surface area contributed by atoms with Gasteiger partial charge in [-0.15, -0.1) is 0 Å². The number of hydrogen-bond donors (Lipinski definition) is 1. The maximum atomic E-state index is 13.8. The summed E-state index contributed by atoms with van der Waals surface area (Å²) in [6.07, 6.45) is 5.39. The third-order valence-corrected chi connectivity index (χ3v) is 7.26. The average Bonchev–Trinajstić information content (AvgIpc) is 2.75. The van der Waals surface area contributed by atoms with E-state index >= 15 is 0 Å². The summed E-state index contributed by atoms with van der Waals surface area (Å²) in [5.41, 5.74) is 2.32. The number of nitrogens with zero attached hydrogens (tertiary/aromatic N) is 2. The van der Waals surface area contributed by atoms with Crippen molar-refractivity contribution >= 4 is 33.7 Å². The minimum atomic E-state index is -3.85. The lowest BCUT2D eigenvalue weighted by Crippen LogP contribution is -2.46. The summed E-state index contributed by atoms with van der Waals surface area (Å²) in [5, 5.41) is 3.90. The van der Waals surface area contributed by atoms with Crippen LogP contribution in [-0.4, -0.2) is 37.4 Å². The van der Waals surface area contributed by atoms with E-state index in [1.807, 2.05) is 0 Å². The Bertz CT molecular complexity index is 989. The number of amides is 1. The van der Waals surface area contributed by atoms with Crippen molar-refractivity contribution in [3.8, 4) is 0 Å². The Morgan fingerprint density at radius 2 is 1.83 bits per heavy atom. The lowest BCUT2D eigenvalue weighted by molar-refractivity contribution is -0.121. The van der Waals surface area contributed by atoms with Crippen molar-refractivity contribution in [2.24, 2.45) is 5.10 Å². The van der Waals surface area contributed by atoms with Gasteiger partial charge in [-0.1, -0.05) is 55.1 Å². The van der Waals surface area contributed by atoms with Gasteiger partial charge < -0.3 is 0 Å². The third kappa shape index (κ3) is 5.44. The van der Waals surface area contributed by atoms with Gasteiger partial charge in [-0.05, 0) is 37.1 Å². The molecule has 2 aromatic rings. The predicted octanol–water partition coefficient (Wildman–Crippen LogP) is 3.95. The Hall–Kier alpha value is -2.29. The number of hydrogen-bond acceptors (Lipinski definition) is 4. The van der Waals surface area contributed by atoms with Gasteiger partial charge >= 0.3 is 0 Å². The largest absolute Gasteiger partial charge is 0.272 e. The summed E-state index contributed by atoms with van der Waals surface area (Å²) in [5.74, 6) is -1.18. The molecule has 2 aromatic carbocycles. The quantitative estimate of drug-likeness (QED) is 0.511. The van der Waals surface area contributed by atoms with E-state index < -0.39 is 21.7 Å². The fourth-order valence-electron chi connectivity index (χ4n) is 3.49. The van der Waals surface area contributed by atoms with E-state index in [0.29, 0.717) is 12.8 Å². The first-order valence-electron chi connectivity index (χ1n) is 9.72. The van der Waals surface area contributed by atoms with E-state index in [1.165, 1.54) is 34.6 Å². The first kappa shape index (κ1) is 22.4. The van der Waals surface area contributed by atoms with Gasteiger partial charge in [-0.2, -0.15) is 9.41 Å². The second kappa shape index (κ2) is 10.1. The van der Waals surface area contributed by atoms with Crippen LogP contribution in [0.2, 0.25) is 5.02 Å². The molecule has 0 aliphatic heterocycles. The van der Waals surface area contributed by atoms with E-state index in [0.717, 1.165) is 25.5 Å². The maximum Gasteiger partial charge on any atom is 0.255 e. The molecular weight excluding hydrogens is 429 g/mol. The zero-order valence-corrected chi connectivity index (χ0v) is 17.9. The molecule has 0 atom stereocenters. The van der Waals surface area contributed by atoms with Gasteiger partial charge in [-0.25, -0.2) is 18.2 Å². The number of hydrazone groups is 1. The molecule has 160 valence electrons. The fraction of sp³-hybridized carbons (Fsp3) is 0.333. The van der Waals surface area contributed by atoms with Crippen molar-refractivity contribution < 1.29 is 17.6 Å². The minimum Gasteiger partial charge on any atom is -0.272 e. The summed E-state index contributed by atoms with van der Waals surface area (Å²) in [7, 11) is -3.85. The fourth-order valence-corrected chi connectivity index (χ4v) is 5.36. The maximum absolute atomic E-state index is 13.8. The van der Waals surface area contributed by atoms with Crippen LogP contribution in [0.25, 0.3) is 0 Å². The lowest BCUT2D eigenvalue weighted by Gasteiger charge is -2.32. The second-order valence-corrected chi connectivity index (χ2v) is 9.38. The Morgan fingerprint density at radius 1 is 1.13 bits per heavy atom. The highest BCUT2D eigenvalue weighted by atomic mass is 35.5. The molecule has 1 saturated carbocycles. The zero-order chi connectivity index (χ0) is 21.6. The molecule has 9 heteroatoms. The summed E-state index contributed by atoms with van der Waals surface area (Å²) in [6.45, 7) is -0.371. The van der Waals surface area contributed by atoms with Crippen molar-refractivity contribution in [1.29, 1.82) is 0 Å². The first-order chi connectivity index (χ1) is 14.4. The smallest absolute Gasteiger partial charge is 0.255 e. The molecule has 3 rings (SSSR count). The van der Waals surface area contributed by atoms with Gasteiger partial charge in [0.2, 0.25) is 10.0 Å². The molecule has 0 saturated heterocycles. The highest BCUT2D eigenvalue weighted by Gasteiger charge is 2.33. The highest BCUT2D eigenvalue weighted by Crippen LogP contribution is 2.27. The molecule has 0 heterocycles. The second-order valence-electron chi connectivity index (χ2n) is 7.08. The normalized spacial score (nSPS) is 15.6. The van der Waals surface area contributed by atoms with Crippen molar-refractivity contribution in [3.63, 3.8) is 0 Å². The average molecular weight is 452 g/mol. The van der Waals surface area contributed by atoms with Crippen molar-refractivity contribution in [3.05, 3.63) is 64.9 Å². The molecule has 30 heavy (non-hydrogen) atoms. The Balaban J connectivity index is 1.76. The Kier molecular flexibility index (Phi) is 7.58. The van der Waals surface area contributed by atoms with Gasteiger partial charge in [0.25, 0.3) is 5.91 Å². The van der Waals surface area contributed by atoms with Crippen LogP contribution >= 0.6 is 11.6 Å². The number of sulfonamides is 1. The number of halogens is 2. The van der Waals surface area contributed by atoms with Crippen LogP contribution in [-0.2, 0) is 14.8 Å². The van der Waals surface area contributed by atoms with Gasteiger partial charge in [0.15, 0.2) is 0 Å². The molecule has 0 aromatic heterocycles. The SMILES string of the molecule is O=C(CN(C1CCCCC1)S(=O)(=O)c1ccccc1)N/N=C\c1c(F)cccc1Cl. The number of nitrogens with one attached hydrogen (secondary N) is 1. The van der Waals surface area contributed by atoms with E-state index in [9.17, 15) is 17.6 Å². The van der Waals surface area contributed by atoms with E-state index in [1.54, 1.807) is 18.2 Å². The van der Waals surface area contributed by atoms with Gasteiger partial charge in [0.1, 0.15) is 5.82 Å². The summed E-state index contributed by atoms with van der Waals surface area (Å²) < 4.78 is 41.4. The van der Waals surface area contributed by atoms with Crippen molar-refractivity contribution in [2.75, 3.05) is 6.54 Å². The molecule has 0 radical (unpaired) electrons. The van der Waals surface area contributed by atoms with Crippen LogP contribution in [0, 0.1) is 5.82 Å². The van der Waals surface area contributed by atoms with Crippen LogP contribution in [0.1, 0.15) is 37.7 Å². The van der Waals surface area contributed by atoms with Crippen LogP contribution in [0.5, 0.6) is 0 Å². The van der Waals surface area contributed by atoms with Gasteiger partial charge in [0, 0.05) is 11.6 Å². The molecular formula is C21H23ClFN3O3S. The third-order valence-electron chi connectivity index (χ3n) is 5.01. The van der Waals surface area contributed by atoms with E-state index in [2.05, 4.69) is 10.5 Å². The molecule has 1 aliphatic rings. The van der Waals surface area contributed by atoms with Gasteiger partial charge in [-0.3, -0.25) is 4.79 Å². The molecule has 1 N–H and O–H groups in total. The standard InChI is InChI=1S/C21H23ClFN3O3S/c22-19-12-7-13-20(23)18(19)14-24-25-21(27)15-26(16-8-3-1-4-9-16)30(28,29)17-10-5-2-6-11-17/h2,5-7,10-14,16H,1,3-4,8-9,15H2,(H,25,27)/b24-14-. The molecule has 1 fully saturated rings.